The fraction of sp³-hybridized carbons (Fsp3) is 0.538. The first-order valence-corrected chi connectivity index (χ1v) is 11.5. The topological polar surface area (TPSA) is 99.4 Å². The van der Waals surface area contributed by atoms with Gasteiger partial charge in [0.1, 0.15) is 36.3 Å². The molecule has 2 aromatic carbocycles. The minimum atomic E-state index is -1.38. The summed E-state index contributed by atoms with van der Waals surface area (Å²) in [4.78, 5) is 0. The van der Waals surface area contributed by atoms with Crippen molar-refractivity contribution in [3.63, 3.8) is 0 Å². The summed E-state index contributed by atoms with van der Waals surface area (Å²) in [5, 5.41) is 40.6. The number of hydrogen-bond donors (Lipinski definition) is 4. The quantitative estimate of drug-likeness (QED) is 0.548. The third-order valence-corrected chi connectivity index (χ3v) is 6.90. The highest BCUT2D eigenvalue weighted by atomic mass is 16.5. The van der Waals surface area contributed by atoms with Gasteiger partial charge in [-0.2, -0.15) is 0 Å². The maximum atomic E-state index is 10.6. The lowest BCUT2D eigenvalue weighted by molar-refractivity contribution is -0.231. The molecule has 4 rings (SSSR count). The molecular formula is C26H34O6. The Morgan fingerprint density at radius 2 is 1.69 bits per heavy atom. The molecule has 0 bridgehead atoms. The molecule has 1 heterocycles. The van der Waals surface area contributed by atoms with E-state index in [0.29, 0.717) is 6.61 Å². The fourth-order valence-electron chi connectivity index (χ4n) is 5.20. The molecular weight excluding hydrogens is 408 g/mol. The smallest absolute Gasteiger partial charge is 0.119 e. The minimum Gasteiger partial charge on any atom is -0.494 e. The molecule has 1 aliphatic carbocycles. The Morgan fingerprint density at radius 1 is 0.969 bits per heavy atom. The van der Waals surface area contributed by atoms with E-state index in [1.807, 2.05) is 6.92 Å². The predicted octanol–water partition coefficient (Wildman–Crippen LogP) is 2.30. The van der Waals surface area contributed by atoms with Crippen molar-refractivity contribution in [1.82, 2.24) is 0 Å². The normalized spacial score (nSPS) is 27.4. The van der Waals surface area contributed by atoms with E-state index >= 15 is 0 Å². The van der Waals surface area contributed by atoms with Crippen LogP contribution >= 0.6 is 0 Å². The molecule has 1 saturated heterocycles. The first-order chi connectivity index (χ1) is 15.3. The Hall–Kier alpha value is -1.96. The second kappa shape index (κ2) is 9.49. The maximum absolute atomic E-state index is 10.6. The zero-order valence-corrected chi connectivity index (χ0v) is 19.0. The van der Waals surface area contributed by atoms with Gasteiger partial charge in [0.15, 0.2) is 0 Å². The zero-order valence-electron chi connectivity index (χ0n) is 19.0. The van der Waals surface area contributed by atoms with Gasteiger partial charge in [-0.05, 0) is 97.5 Å². The Labute approximate surface area is 189 Å². The summed E-state index contributed by atoms with van der Waals surface area (Å²) in [7, 11) is 0. The minimum absolute atomic E-state index is 0.427. The summed E-state index contributed by atoms with van der Waals surface area (Å²) in [6.45, 7) is 6.39. The highest BCUT2D eigenvalue weighted by Crippen LogP contribution is 2.37. The zero-order chi connectivity index (χ0) is 23.0. The second-order valence-corrected chi connectivity index (χ2v) is 9.07. The van der Waals surface area contributed by atoms with Crippen LogP contribution in [0.1, 0.15) is 58.4 Å². The van der Waals surface area contributed by atoms with Gasteiger partial charge >= 0.3 is 0 Å². The number of aliphatic hydroxyl groups is 4. The second-order valence-electron chi connectivity index (χ2n) is 9.07. The standard InChI is InChI=1S/C26H34O6/c1-4-31-19-8-14(2)21(15(3)9-19)12-17-11-18(10-16-6-5-7-20(16)17)26-25(30)24(29)23(28)22(13-27)32-26/h8-11,22-30H,4-7,12-13H2,1-3H3/t22-,23-,24+,25-,26+/m1/s1. The summed E-state index contributed by atoms with van der Waals surface area (Å²) in [5.41, 5.74) is 8.19. The molecule has 6 nitrogen and oxygen atoms in total. The Morgan fingerprint density at radius 3 is 2.34 bits per heavy atom. The summed E-state index contributed by atoms with van der Waals surface area (Å²) < 4.78 is 11.5. The first-order valence-electron chi connectivity index (χ1n) is 11.5. The molecule has 5 atom stereocenters. The van der Waals surface area contributed by atoms with Gasteiger partial charge in [0.25, 0.3) is 0 Å². The molecule has 1 aliphatic heterocycles. The van der Waals surface area contributed by atoms with Crippen molar-refractivity contribution in [3.05, 3.63) is 63.2 Å². The lowest BCUT2D eigenvalue weighted by Crippen LogP contribution is -2.55. The van der Waals surface area contributed by atoms with Crippen LogP contribution in [0.25, 0.3) is 0 Å². The van der Waals surface area contributed by atoms with Crippen LogP contribution in [0.3, 0.4) is 0 Å². The highest BCUT2D eigenvalue weighted by molar-refractivity contribution is 5.49. The van der Waals surface area contributed by atoms with Crippen LogP contribution in [0.4, 0.5) is 0 Å². The number of aryl methyl sites for hydroxylation is 3. The van der Waals surface area contributed by atoms with E-state index in [2.05, 4.69) is 38.1 Å². The molecule has 0 radical (unpaired) electrons. The van der Waals surface area contributed by atoms with Crippen molar-refractivity contribution in [2.75, 3.05) is 13.2 Å². The average Bonchev–Trinajstić information content (AvgIpc) is 3.24. The van der Waals surface area contributed by atoms with E-state index in [9.17, 15) is 20.4 Å². The van der Waals surface area contributed by atoms with Crippen molar-refractivity contribution >= 4 is 0 Å². The monoisotopic (exact) mass is 442 g/mol. The molecule has 4 N–H and O–H groups in total. The molecule has 0 spiro atoms. The molecule has 2 aliphatic rings. The Kier molecular flexibility index (Phi) is 6.89. The van der Waals surface area contributed by atoms with Crippen molar-refractivity contribution in [1.29, 1.82) is 0 Å². The molecule has 1 fully saturated rings. The SMILES string of the molecule is CCOc1cc(C)c(Cc2cc([C@@H]3O[C@H](CO)[C@@H](O)[C@H](O)[C@H]3O)cc3c2CCC3)c(C)c1. The lowest BCUT2D eigenvalue weighted by Gasteiger charge is -2.40. The number of rotatable bonds is 6. The van der Waals surface area contributed by atoms with Gasteiger partial charge in [-0.1, -0.05) is 12.1 Å². The van der Waals surface area contributed by atoms with Crippen LogP contribution in [-0.4, -0.2) is 58.1 Å². The van der Waals surface area contributed by atoms with Crippen molar-refractivity contribution in [2.45, 2.75) is 77.0 Å². The number of aliphatic hydroxyl groups excluding tert-OH is 4. The molecule has 2 aromatic rings. The van der Waals surface area contributed by atoms with E-state index in [0.717, 1.165) is 37.0 Å². The summed E-state index contributed by atoms with van der Waals surface area (Å²) in [5.74, 6) is 0.881. The van der Waals surface area contributed by atoms with E-state index < -0.39 is 37.1 Å². The van der Waals surface area contributed by atoms with E-state index in [-0.39, 0.29) is 0 Å². The Balaban J connectivity index is 1.71. The van der Waals surface area contributed by atoms with Crippen LogP contribution < -0.4 is 4.74 Å². The average molecular weight is 443 g/mol. The summed E-state index contributed by atoms with van der Waals surface area (Å²) >= 11 is 0. The third-order valence-electron chi connectivity index (χ3n) is 6.90. The van der Waals surface area contributed by atoms with Crippen LogP contribution in [0.2, 0.25) is 0 Å². The molecule has 174 valence electrons. The van der Waals surface area contributed by atoms with Crippen LogP contribution in [0.5, 0.6) is 5.75 Å². The van der Waals surface area contributed by atoms with Gasteiger partial charge in [0.2, 0.25) is 0 Å². The van der Waals surface area contributed by atoms with Crippen molar-refractivity contribution < 1.29 is 29.9 Å². The first kappa shape index (κ1) is 23.2. The van der Waals surface area contributed by atoms with Crippen LogP contribution in [0, 0.1) is 13.8 Å². The molecule has 6 heteroatoms. The van der Waals surface area contributed by atoms with Gasteiger partial charge in [-0.15, -0.1) is 0 Å². The predicted molar refractivity (Wildman–Crippen MR) is 121 cm³/mol. The summed E-state index contributed by atoms with van der Waals surface area (Å²) in [6.07, 6.45) is -1.88. The summed E-state index contributed by atoms with van der Waals surface area (Å²) in [6, 6.07) is 8.27. The van der Waals surface area contributed by atoms with Gasteiger partial charge in [0, 0.05) is 0 Å². The van der Waals surface area contributed by atoms with Crippen LogP contribution in [-0.2, 0) is 24.0 Å². The largest absolute Gasteiger partial charge is 0.494 e. The van der Waals surface area contributed by atoms with E-state index in [1.54, 1.807) is 0 Å². The molecule has 0 unspecified atom stereocenters. The van der Waals surface area contributed by atoms with Gasteiger partial charge in [-0.25, -0.2) is 0 Å². The van der Waals surface area contributed by atoms with Gasteiger partial charge in [-0.3, -0.25) is 0 Å². The van der Waals surface area contributed by atoms with Crippen molar-refractivity contribution in [3.8, 4) is 5.75 Å². The number of fused-ring (bicyclic) bond motifs is 1. The fourth-order valence-corrected chi connectivity index (χ4v) is 5.20. The van der Waals surface area contributed by atoms with E-state index in [1.165, 1.54) is 33.4 Å². The molecule has 0 aromatic heterocycles. The molecule has 0 amide bonds. The lowest BCUT2D eigenvalue weighted by atomic mass is 9.86. The van der Waals surface area contributed by atoms with Crippen LogP contribution in [0.15, 0.2) is 24.3 Å². The molecule has 32 heavy (non-hydrogen) atoms. The third kappa shape index (κ3) is 4.30. The maximum Gasteiger partial charge on any atom is 0.119 e. The number of benzene rings is 2. The number of ether oxygens (including phenoxy) is 2. The van der Waals surface area contributed by atoms with E-state index in [4.69, 9.17) is 9.47 Å². The number of hydrogen-bond acceptors (Lipinski definition) is 6. The Bertz CT molecular complexity index is 946. The highest BCUT2D eigenvalue weighted by Gasteiger charge is 2.44. The van der Waals surface area contributed by atoms with Gasteiger partial charge in [0.05, 0.1) is 13.2 Å². The van der Waals surface area contributed by atoms with Crippen molar-refractivity contribution in [2.24, 2.45) is 0 Å². The van der Waals surface area contributed by atoms with Gasteiger partial charge < -0.3 is 29.9 Å². The molecule has 0 saturated carbocycles.